The fourth-order valence-electron chi connectivity index (χ4n) is 1.02. The second kappa shape index (κ2) is 4.42. The molecule has 0 fully saturated rings. The topological polar surface area (TPSA) is 49.9 Å². The molecule has 0 bridgehead atoms. The average molecular weight is 217 g/mol. The summed E-state index contributed by atoms with van der Waals surface area (Å²) in [5.41, 5.74) is 5.76. The van der Waals surface area contributed by atoms with Gasteiger partial charge in [0.2, 0.25) is 0 Å². The summed E-state index contributed by atoms with van der Waals surface area (Å²) in [6, 6.07) is 6.05. The van der Waals surface area contributed by atoms with Gasteiger partial charge >= 0.3 is 0 Å². The number of rotatable bonds is 2. The second-order valence-electron chi connectivity index (χ2n) is 3.55. The Labute approximate surface area is 89.2 Å². The molecule has 4 heteroatoms. The number of hydrogen-bond acceptors (Lipinski definition) is 1. The summed E-state index contributed by atoms with van der Waals surface area (Å²) in [6.07, 6.45) is 0. The molecule has 0 amide bonds. The summed E-state index contributed by atoms with van der Waals surface area (Å²) in [5, 5.41) is 7.37. The van der Waals surface area contributed by atoms with Gasteiger partial charge in [-0.15, -0.1) is 12.4 Å². The van der Waals surface area contributed by atoms with Crippen LogP contribution < -0.4 is 5.73 Å². The summed E-state index contributed by atoms with van der Waals surface area (Å²) >= 11 is 0. The molecule has 1 rings (SSSR count). The minimum absolute atomic E-state index is 0. The van der Waals surface area contributed by atoms with Gasteiger partial charge in [-0.3, -0.25) is 5.41 Å². The summed E-state index contributed by atoms with van der Waals surface area (Å²) < 4.78 is 12.6. The molecule has 0 saturated carbocycles. The minimum Gasteiger partial charge on any atom is -0.387 e. The molecule has 3 N–H and O–H groups in total. The smallest absolute Gasteiger partial charge is 0.123 e. The molecule has 2 nitrogen and oxygen atoms in total. The Bertz CT molecular complexity index is 319. The van der Waals surface area contributed by atoms with Gasteiger partial charge in [0.1, 0.15) is 11.7 Å². The molecule has 78 valence electrons. The first-order valence-corrected chi connectivity index (χ1v) is 4.05. The van der Waals surface area contributed by atoms with E-state index in [2.05, 4.69) is 0 Å². The third-order valence-corrected chi connectivity index (χ3v) is 2.24. The standard InChI is InChI=1S/C10H13FN2.ClH/c1-10(2,9(12)13)7-3-5-8(11)6-4-7;/h3-6H,1-2H3,(H3,12,13);1H. The number of hydrogen-bond donors (Lipinski definition) is 2. The van der Waals surface area contributed by atoms with Crippen LogP contribution in [-0.2, 0) is 5.41 Å². The summed E-state index contributed by atoms with van der Waals surface area (Å²) in [4.78, 5) is 0. The van der Waals surface area contributed by atoms with Crippen molar-refractivity contribution in [3.05, 3.63) is 35.6 Å². The summed E-state index contributed by atoms with van der Waals surface area (Å²) in [7, 11) is 0. The summed E-state index contributed by atoms with van der Waals surface area (Å²) in [5.74, 6) is -0.192. The molecule has 0 atom stereocenters. The second-order valence-corrected chi connectivity index (χ2v) is 3.55. The fourth-order valence-corrected chi connectivity index (χ4v) is 1.02. The van der Waals surface area contributed by atoms with E-state index >= 15 is 0 Å². The first kappa shape index (κ1) is 12.9. The van der Waals surface area contributed by atoms with E-state index < -0.39 is 5.41 Å². The first-order valence-electron chi connectivity index (χ1n) is 4.05. The van der Waals surface area contributed by atoms with Gasteiger partial charge in [0.15, 0.2) is 0 Å². The van der Waals surface area contributed by atoms with E-state index in [0.717, 1.165) is 5.56 Å². The van der Waals surface area contributed by atoms with E-state index in [0.29, 0.717) is 0 Å². The van der Waals surface area contributed by atoms with E-state index in [1.165, 1.54) is 12.1 Å². The average Bonchev–Trinajstić information content (AvgIpc) is 2.04. The van der Waals surface area contributed by atoms with E-state index in [1.54, 1.807) is 12.1 Å². The van der Waals surface area contributed by atoms with Crippen LogP contribution in [0, 0.1) is 11.2 Å². The number of amidine groups is 1. The maximum atomic E-state index is 12.6. The van der Waals surface area contributed by atoms with Crippen LogP contribution in [0.1, 0.15) is 19.4 Å². The van der Waals surface area contributed by atoms with Crippen LogP contribution in [0.2, 0.25) is 0 Å². The van der Waals surface area contributed by atoms with Gasteiger partial charge in [-0.05, 0) is 31.5 Å². The van der Waals surface area contributed by atoms with Crippen LogP contribution in [-0.4, -0.2) is 5.84 Å². The molecule has 0 aromatic heterocycles. The van der Waals surface area contributed by atoms with Crippen LogP contribution in [0.25, 0.3) is 0 Å². The molecule has 0 spiro atoms. The van der Waals surface area contributed by atoms with Crippen molar-refractivity contribution in [2.45, 2.75) is 19.3 Å². The van der Waals surface area contributed by atoms with Gasteiger partial charge < -0.3 is 5.73 Å². The maximum absolute atomic E-state index is 12.6. The monoisotopic (exact) mass is 216 g/mol. The fraction of sp³-hybridized carbons (Fsp3) is 0.300. The predicted molar refractivity (Wildman–Crippen MR) is 58.6 cm³/mol. The molecule has 1 aromatic carbocycles. The molecular formula is C10H14ClFN2. The van der Waals surface area contributed by atoms with Crippen LogP contribution in [0.15, 0.2) is 24.3 Å². The Hall–Kier alpha value is -1.09. The van der Waals surface area contributed by atoms with Crippen molar-refractivity contribution in [2.75, 3.05) is 0 Å². The number of halogens is 2. The van der Waals surface area contributed by atoms with Crippen molar-refractivity contribution >= 4 is 18.2 Å². The highest BCUT2D eigenvalue weighted by atomic mass is 35.5. The van der Waals surface area contributed by atoms with Crippen LogP contribution >= 0.6 is 12.4 Å². The van der Waals surface area contributed by atoms with E-state index in [-0.39, 0.29) is 24.1 Å². The molecule has 0 heterocycles. The van der Waals surface area contributed by atoms with Crippen molar-refractivity contribution in [1.29, 1.82) is 5.41 Å². The molecule has 0 saturated heterocycles. The van der Waals surface area contributed by atoms with Gasteiger partial charge in [-0.25, -0.2) is 4.39 Å². The Morgan fingerprint density at radius 2 is 1.71 bits per heavy atom. The van der Waals surface area contributed by atoms with Gasteiger partial charge in [0.05, 0.1) is 0 Å². The lowest BCUT2D eigenvalue weighted by atomic mass is 9.84. The molecule has 1 aromatic rings. The molecule has 0 aliphatic rings. The highest BCUT2D eigenvalue weighted by Crippen LogP contribution is 2.22. The quantitative estimate of drug-likeness (QED) is 0.579. The Balaban J connectivity index is 0.00000169. The van der Waals surface area contributed by atoms with Gasteiger partial charge in [-0.1, -0.05) is 12.1 Å². The molecular weight excluding hydrogens is 203 g/mol. The lowest BCUT2D eigenvalue weighted by Crippen LogP contribution is -2.34. The van der Waals surface area contributed by atoms with Crippen molar-refractivity contribution in [3.63, 3.8) is 0 Å². The highest BCUT2D eigenvalue weighted by molar-refractivity contribution is 5.88. The number of nitrogens with two attached hydrogens (primary N) is 1. The van der Waals surface area contributed by atoms with E-state index in [9.17, 15) is 4.39 Å². The normalized spacial score (nSPS) is 10.5. The third kappa shape index (κ3) is 2.45. The molecule has 0 radical (unpaired) electrons. The number of benzene rings is 1. The SMILES string of the molecule is CC(C)(C(=N)N)c1ccc(F)cc1.Cl. The highest BCUT2D eigenvalue weighted by Gasteiger charge is 2.23. The number of nitrogens with one attached hydrogen (secondary N) is 1. The third-order valence-electron chi connectivity index (χ3n) is 2.24. The molecule has 0 unspecified atom stereocenters. The van der Waals surface area contributed by atoms with Gasteiger partial charge in [-0.2, -0.15) is 0 Å². The van der Waals surface area contributed by atoms with Crippen molar-refractivity contribution in [3.8, 4) is 0 Å². The zero-order valence-electron chi connectivity index (χ0n) is 8.17. The maximum Gasteiger partial charge on any atom is 0.123 e. The first-order chi connectivity index (χ1) is 5.94. The van der Waals surface area contributed by atoms with Gasteiger partial charge in [0.25, 0.3) is 0 Å². The lowest BCUT2D eigenvalue weighted by Gasteiger charge is -2.23. The van der Waals surface area contributed by atoms with Crippen molar-refractivity contribution < 1.29 is 4.39 Å². The lowest BCUT2D eigenvalue weighted by molar-refractivity contribution is 0.623. The largest absolute Gasteiger partial charge is 0.387 e. The molecule has 0 aliphatic heterocycles. The van der Waals surface area contributed by atoms with Gasteiger partial charge in [0, 0.05) is 5.41 Å². The minimum atomic E-state index is -0.520. The van der Waals surface area contributed by atoms with Crippen LogP contribution in [0.4, 0.5) is 4.39 Å². The Morgan fingerprint density at radius 1 is 1.29 bits per heavy atom. The zero-order chi connectivity index (χ0) is 10.1. The van der Waals surface area contributed by atoms with Crippen LogP contribution in [0.5, 0.6) is 0 Å². The zero-order valence-corrected chi connectivity index (χ0v) is 8.99. The van der Waals surface area contributed by atoms with E-state index in [4.69, 9.17) is 11.1 Å². The molecule has 14 heavy (non-hydrogen) atoms. The van der Waals surface area contributed by atoms with Crippen LogP contribution in [0.3, 0.4) is 0 Å². The molecule has 0 aliphatic carbocycles. The predicted octanol–water partition coefficient (Wildman–Crippen LogP) is 2.46. The van der Waals surface area contributed by atoms with Crippen molar-refractivity contribution in [2.24, 2.45) is 5.73 Å². The Morgan fingerprint density at radius 3 is 2.07 bits per heavy atom. The Kier molecular flexibility index (Phi) is 4.08. The summed E-state index contributed by atoms with van der Waals surface area (Å²) in [6.45, 7) is 3.67. The van der Waals surface area contributed by atoms with E-state index in [1.807, 2.05) is 13.8 Å². The van der Waals surface area contributed by atoms with Crippen molar-refractivity contribution in [1.82, 2.24) is 0 Å².